The molecule has 0 bridgehead atoms. The Balaban J connectivity index is 5.42. The second kappa shape index (κ2) is 4.77. The number of carboxylic acids is 1. The second-order valence-electron chi connectivity index (χ2n) is 6.72. The van der Waals surface area contributed by atoms with Crippen LogP contribution < -0.4 is 0 Å². The van der Waals surface area contributed by atoms with Crippen LogP contribution in [0.25, 0.3) is 0 Å². The van der Waals surface area contributed by atoms with Crippen molar-refractivity contribution in [3.05, 3.63) is 0 Å². The van der Waals surface area contributed by atoms with Crippen LogP contribution in [0.5, 0.6) is 0 Å². The highest BCUT2D eigenvalue weighted by atomic mass is 16.4. The monoisotopic (exact) mass is 228 g/mol. The molecule has 0 radical (unpaired) electrons. The standard InChI is InChI=1S/C14H28O2/c1-8-13(6,7)14(9-2,11(15)16)10-12(3,4)5/h8-10H2,1-7H3,(H,15,16). The highest BCUT2D eigenvalue weighted by Gasteiger charge is 2.50. The number of carbonyl (C=O) groups is 1. The van der Waals surface area contributed by atoms with Gasteiger partial charge in [-0.25, -0.2) is 0 Å². The van der Waals surface area contributed by atoms with E-state index in [0.29, 0.717) is 6.42 Å². The predicted molar refractivity (Wildman–Crippen MR) is 68.5 cm³/mol. The van der Waals surface area contributed by atoms with E-state index in [4.69, 9.17) is 0 Å². The topological polar surface area (TPSA) is 37.3 Å². The summed E-state index contributed by atoms with van der Waals surface area (Å²) in [4.78, 5) is 11.7. The number of aliphatic carboxylic acids is 1. The Bertz CT molecular complexity index is 248. The zero-order valence-corrected chi connectivity index (χ0v) is 12.0. The molecule has 0 aromatic rings. The van der Waals surface area contributed by atoms with Crippen molar-refractivity contribution in [2.75, 3.05) is 0 Å². The molecule has 0 saturated carbocycles. The minimum atomic E-state index is -0.642. The van der Waals surface area contributed by atoms with Gasteiger partial charge in [-0.15, -0.1) is 0 Å². The molecule has 0 heterocycles. The fourth-order valence-corrected chi connectivity index (χ4v) is 2.60. The van der Waals surface area contributed by atoms with E-state index in [-0.39, 0.29) is 10.8 Å². The van der Waals surface area contributed by atoms with E-state index in [2.05, 4.69) is 41.5 Å². The lowest BCUT2D eigenvalue weighted by Crippen LogP contribution is -2.46. The summed E-state index contributed by atoms with van der Waals surface area (Å²) < 4.78 is 0. The highest BCUT2D eigenvalue weighted by molar-refractivity contribution is 5.75. The molecule has 0 aliphatic heterocycles. The first-order chi connectivity index (χ1) is 7.02. The molecule has 96 valence electrons. The Labute approximate surface area is 100 Å². The first-order valence-corrected chi connectivity index (χ1v) is 6.26. The van der Waals surface area contributed by atoms with Crippen LogP contribution in [0.1, 0.15) is 67.7 Å². The highest BCUT2D eigenvalue weighted by Crippen LogP contribution is 2.51. The Hall–Kier alpha value is -0.530. The molecule has 0 spiro atoms. The Morgan fingerprint density at radius 1 is 1.00 bits per heavy atom. The van der Waals surface area contributed by atoms with Crippen molar-refractivity contribution in [3.63, 3.8) is 0 Å². The van der Waals surface area contributed by atoms with Gasteiger partial charge in [0.15, 0.2) is 0 Å². The molecule has 1 N–H and O–H groups in total. The van der Waals surface area contributed by atoms with Crippen LogP contribution in [0.15, 0.2) is 0 Å². The van der Waals surface area contributed by atoms with Gasteiger partial charge in [0, 0.05) is 0 Å². The van der Waals surface area contributed by atoms with Crippen LogP contribution in [0.3, 0.4) is 0 Å². The maximum atomic E-state index is 11.7. The summed E-state index contributed by atoms with van der Waals surface area (Å²) in [6.45, 7) is 14.6. The molecular weight excluding hydrogens is 200 g/mol. The lowest BCUT2D eigenvalue weighted by Gasteiger charge is -2.46. The molecule has 0 aliphatic rings. The van der Waals surface area contributed by atoms with Crippen LogP contribution in [0, 0.1) is 16.2 Å². The van der Waals surface area contributed by atoms with Crippen molar-refractivity contribution < 1.29 is 9.90 Å². The summed E-state index contributed by atoms with van der Waals surface area (Å²) >= 11 is 0. The Morgan fingerprint density at radius 3 is 1.62 bits per heavy atom. The van der Waals surface area contributed by atoms with Gasteiger partial charge in [0.05, 0.1) is 5.41 Å². The first-order valence-electron chi connectivity index (χ1n) is 6.26. The molecule has 0 saturated heterocycles. The van der Waals surface area contributed by atoms with Crippen molar-refractivity contribution in [1.29, 1.82) is 0 Å². The van der Waals surface area contributed by atoms with Gasteiger partial charge < -0.3 is 5.11 Å². The summed E-state index contributed by atoms with van der Waals surface area (Å²) in [6, 6.07) is 0. The third-order valence-corrected chi connectivity index (χ3v) is 4.02. The SMILES string of the molecule is CCC(C)(C)C(CC)(CC(C)(C)C)C(=O)O. The zero-order chi connectivity index (χ0) is 13.2. The molecule has 1 unspecified atom stereocenters. The van der Waals surface area contributed by atoms with Crippen LogP contribution in [-0.2, 0) is 4.79 Å². The number of carboxylic acid groups (broad SMARTS) is 1. The summed E-state index contributed by atoms with van der Waals surface area (Å²) in [5.41, 5.74) is -0.734. The predicted octanol–water partition coefficient (Wildman–Crippen LogP) is 4.34. The molecule has 2 heteroatoms. The summed E-state index contributed by atoms with van der Waals surface area (Å²) in [6.07, 6.45) is 2.32. The van der Waals surface area contributed by atoms with Gasteiger partial charge in [-0.3, -0.25) is 4.79 Å². The van der Waals surface area contributed by atoms with E-state index in [1.54, 1.807) is 0 Å². The van der Waals surface area contributed by atoms with Crippen LogP contribution in [0.4, 0.5) is 0 Å². The summed E-state index contributed by atoms with van der Waals surface area (Å²) in [7, 11) is 0. The van der Waals surface area contributed by atoms with Crippen molar-refractivity contribution >= 4 is 5.97 Å². The third-order valence-electron chi connectivity index (χ3n) is 4.02. The fraction of sp³-hybridized carbons (Fsp3) is 0.929. The molecule has 2 nitrogen and oxygen atoms in total. The van der Waals surface area contributed by atoms with Crippen molar-refractivity contribution in [2.45, 2.75) is 67.7 Å². The van der Waals surface area contributed by atoms with Gasteiger partial charge in [-0.1, -0.05) is 48.5 Å². The van der Waals surface area contributed by atoms with Gasteiger partial charge in [-0.05, 0) is 30.1 Å². The normalized spacial score (nSPS) is 16.9. The molecule has 0 aliphatic carbocycles. The summed E-state index contributed by atoms with van der Waals surface area (Å²) in [5.74, 6) is -0.642. The zero-order valence-electron chi connectivity index (χ0n) is 12.0. The number of hydrogen-bond donors (Lipinski definition) is 1. The smallest absolute Gasteiger partial charge is 0.310 e. The molecule has 0 fully saturated rings. The number of hydrogen-bond acceptors (Lipinski definition) is 1. The lowest BCUT2D eigenvalue weighted by atomic mass is 9.57. The van der Waals surface area contributed by atoms with Crippen LogP contribution in [0.2, 0.25) is 0 Å². The Morgan fingerprint density at radius 2 is 1.44 bits per heavy atom. The van der Waals surface area contributed by atoms with E-state index in [1.165, 1.54) is 0 Å². The molecule has 0 rings (SSSR count). The van der Waals surface area contributed by atoms with Crippen molar-refractivity contribution in [1.82, 2.24) is 0 Å². The summed E-state index contributed by atoms with van der Waals surface area (Å²) in [5, 5.41) is 9.65. The molecule has 0 aromatic carbocycles. The number of rotatable bonds is 5. The molecule has 1 atom stereocenters. The second-order valence-corrected chi connectivity index (χ2v) is 6.72. The Kier molecular flexibility index (Phi) is 4.61. The molecule has 0 aromatic heterocycles. The van der Waals surface area contributed by atoms with Crippen molar-refractivity contribution in [2.24, 2.45) is 16.2 Å². The van der Waals surface area contributed by atoms with Gasteiger partial charge >= 0.3 is 5.97 Å². The quantitative estimate of drug-likeness (QED) is 0.760. The lowest BCUT2D eigenvalue weighted by molar-refractivity contribution is -0.161. The maximum absolute atomic E-state index is 11.7. The molecular formula is C14H28O2. The third kappa shape index (κ3) is 2.99. The van der Waals surface area contributed by atoms with Gasteiger partial charge in [0.1, 0.15) is 0 Å². The first kappa shape index (κ1) is 15.5. The van der Waals surface area contributed by atoms with Gasteiger partial charge in [-0.2, -0.15) is 0 Å². The minimum absolute atomic E-state index is 0.0425. The van der Waals surface area contributed by atoms with E-state index >= 15 is 0 Å². The minimum Gasteiger partial charge on any atom is -0.481 e. The van der Waals surface area contributed by atoms with Crippen molar-refractivity contribution in [3.8, 4) is 0 Å². The molecule has 0 amide bonds. The fourth-order valence-electron chi connectivity index (χ4n) is 2.60. The van der Waals surface area contributed by atoms with E-state index in [9.17, 15) is 9.90 Å². The van der Waals surface area contributed by atoms with E-state index < -0.39 is 11.4 Å². The van der Waals surface area contributed by atoms with E-state index in [1.807, 2.05) is 6.92 Å². The average molecular weight is 228 g/mol. The van der Waals surface area contributed by atoms with Crippen LogP contribution >= 0.6 is 0 Å². The average Bonchev–Trinajstić information content (AvgIpc) is 2.11. The maximum Gasteiger partial charge on any atom is 0.310 e. The van der Waals surface area contributed by atoms with E-state index in [0.717, 1.165) is 12.8 Å². The largest absolute Gasteiger partial charge is 0.481 e. The van der Waals surface area contributed by atoms with Gasteiger partial charge in [0.2, 0.25) is 0 Å². The molecule has 16 heavy (non-hydrogen) atoms. The van der Waals surface area contributed by atoms with Gasteiger partial charge in [0.25, 0.3) is 0 Å². The van der Waals surface area contributed by atoms with Crippen LogP contribution in [-0.4, -0.2) is 11.1 Å².